The van der Waals surface area contributed by atoms with Crippen molar-refractivity contribution >= 4 is 26.7 Å². The smallest absolute Gasteiger partial charge is 0.260 e. The van der Waals surface area contributed by atoms with Crippen LogP contribution in [-0.4, -0.2) is 50.2 Å². The molecule has 0 radical (unpaired) electrons. The van der Waals surface area contributed by atoms with Crippen molar-refractivity contribution in [1.29, 1.82) is 0 Å². The molecule has 1 heterocycles. The number of para-hydroxylation sites is 1. The first-order valence-corrected chi connectivity index (χ1v) is 8.50. The molecule has 8 heteroatoms. The van der Waals surface area contributed by atoms with E-state index in [0.717, 1.165) is 0 Å². The molecule has 1 aromatic carbocycles. The molecule has 0 saturated heterocycles. The number of benzene rings is 1. The first-order chi connectivity index (χ1) is 9.96. The number of nitrogens with one attached hydrogen (secondary N) is 2. The van der Waals surface area contributed by atoms with Crippen LogP contribution >= 0.6 is 0 Å². The lowest BCUT2D eigenvalue weighted by Crippen LogP contribution is -2.18. The minimum Gasteiger partial charge on any atom is -0.379 e. The molecule has 2 aromatic rings. The van der Waals surface area contributed by atoms with Crippen molar-refractivity contribution in [2.75, 3.05) is 37.1 Å². The number of H-pyrrole nitrogens is 1. The molecule has 0 aliphatic heterocycles. The summed E-state index contributed by atoms with van der Waals surface area (Å²) in [4.78, 5) is 18.7. The van der Waals surface area contributed by atoms with Crippen molar-refractivity contribution in [2.45, 2.75) is 0 Å². The van der Waals surface area contributed by atoms with E-state index in [1.54, 1.807) is 18.2 Å². The molecule has 2 N–H and O–H groups in total. The molecular formula is C13H17N3O4S. The Morgan fingerprint density at radius 2 is 2.05 bits per heavy atom. The summed E-state index contributed by atoms with van der Waals surface area (Å²) in [5.41, 5.74) is 0.405. The van der Waals surface area contributed by atoms with Crippen LogP contribution in [0, 0.1) is 0 Å². The van der Waals surface area contributed by atoms with Crippen LogP contribution in [0.25, 0.3) is 10.9 Å². The van der Waals surface area contributed by atoms with Crippen molar-refractivity contribution < 1.29 is 13.2 Å². The van der Waals surface area contributed by atoms with Gasteiger partial charge in [0.15, 0.2) is 0 Å². The summed E-state index contributed by atoms with van der Waals surface area (Å²) in [5.74, 6) is 0.364. The molecule has 0 spiro atoms. The Kier molecular flexibility index (Phi) is 4.92. The van der Waals surface area contributed by atoms with Crippen molar-refractivity contribution in [1.82, 2.24) is 9.97 Å². The molecule has 0 unspecified atom stereocenters. The molecule has 7 nitrogen and oxygen atoms in total. The maximum absolute atomic E-state index is 11.8. The van der Waals surface area contributed by atoms with E-state index in [-0.39, 0.29) is 17.9 Å². The molecular weight excluding hydrogens is 294 g/mol. The van der Waals surface area contributed by atoms with Gasteiger partial charge in [-0.3, -0.25) is 9.78 Å². The van der Waals surface area contributed by atoms with Gasteiger partial charge in [0.05, 0.1) is 29.9 Å². The van der Waals surface area contributed by atoms with Gasteiger partial charge >= 0.3 is 0 Å². The number of rotatable bonds is 7. The second kappa shape index (κ2) is 6.68. The Labute approximate surface area is 122 Å². The van der Waals surface area contributed by atoms with Crippen molar-refractivity contribution in [2.24, 2.45) is 0 Å². The topological polar surface area (TPSA) is 101 Å². The number of fused-ring (bicyclic) bond motifs is 1. The molecule has 2 rings (SSSR count). The molecule has 21 heavy (non-hydrogen) atoms. The van der Waals surface area contributed by atoms with E-state index in [2.05, 4.69) is 15.3 Å². The maximum Gasteiger partial charge on any atom is 0.260 e. The lowest BCUT2D eigenvalue weighted by atomic mass is 10.2. The maximum atomic E-state index is 11.8. The number of aromatic amines is 1. The van der Waals surface area contributed by atoms with Crippen LogP contribution in [0.1, 0.15) is 0 Å². The zero-order valence-corrected chi connectivity index (χ0v) is 12.4. The fourth-order valence-corrected chi connectivity index (χ4v) is 2.14. The van der Waals surface area contributed by atoms with Crippen LogP contribution in [0.5, 0.6) is 0 Å². The average Bonchev–Trinajstić information content (AvgIpc) is 2.41. The van der Waals surface area contributed by atoms with Crippen LogP contribution in [-0.2, 0) is 14.6 Å². The average molecular weight is 311 g/mol. The highest BCUT2D eigenvalue weighted by Gasteiger charge is 2.03. The Morgan fingerprint density at radius 1 is 1.29 bits per heavy atom. The normalized spacial score (nSPS) is 11.7. The monoisotopic (exact) mass is 311 g/mol. The van der Waals surface area contributed by atoms with Gasteiger partial charge in [0.1, 0.15) is 9.84 Å². The van der Waals surface area contributed by atoms with Crippen molar-refractivity contribution in [3.8, 4) is 0 Å². The van der Waals surface area contributed by atoms with E-state index < -0.39 is 9.84 Å². The van der Waals surface area contributed by atoms with Gasteiger partial charge in [-0.05, 0) is 12.1 Å². The Morgan fingerprint density at radius 3 is 2.81 bits per heavy atom. The van der Waals surface area contributed by atoms with Gasteiger partial charge in [-0.25, -0.2) is 13.4 Å². The fourth-order valence-electron chi connectivity index (χ4n) is 1.72. The molecule has 0 bridgehead atoms. The SMILES string of the molecule is CS(=O)(=O)CCOCCNc1nc2ccccc2c(=O)[nH]1. The first kappa shape index (κ1) is 15.5. The van der Waals surface area contributed by atoms with Crippen LogP contribution in [0.2, 0.25) is 0 Å². The zero-order valence-electron chi connectivity index (χ0n) is 11.6. The number of hydrogen-bond acceptors (Lipinski definition) is 6. The summed E-state index contributed by atoms with van der Waals surface area (Å²) in [5, 5.41) is 3.47. The number of anilines is 1. The molecule has 0 aliphatic rings. The summed E-state index contributed by atoms with van der Waals surface area (Å²) in [6.45, 7) is 0.902. The first-order valence-electron chi connectivity index (χ1n) is 6.44. The van der Waals surface area contributed by atoms with E-state index in [9.17, 15) is 13.2 Å². The minimum absolute atomic E-state index is 0.00193. The molecule has 0 atom stereocenters. The standard InChI is InChI=1S/C13H17N3O4S/c1-21(18,19)9-8-20-7-6-14-13-15-11-5-3-2-4-10(11)12(17)16-13/h2-5H,6-9H2,1H3,(H2,14,15,16,17). The van der Waals surface area contributed by atoms with Gasteiger partial charge < -0.3 is 10.1 Å². The number of sulfone groups is 1. The summed E-state index contributed by atoms with van der Waals surface area (Å²) >= 11 is 0. The van der Waals surface area contributed by atoms with Crippen LogP contribution in [0.3, 0.4) is 0 Å². The van der Waals surface area contributed by atoms with Crippen LogP contribution in [0.15, 0.2) is 29.1 Å². The number of aromatic nitrogens is 2. The number of nitrogens with zero attached hydrogens (tertiary/aromatic N) is 1. The van der Waals surface area contributed by atoms with Crippen molar-refractivity contribution in [3.63, 3.8) is 0 Å². The molecule has 1 aromatic heterocycles. The summed E-state index contributed by atoms with van der Waals surface area (Å²) in [7, 11) is -3.00. The summed E-state index contributed by atoms with van der Waals surface area (Å²) in [6, 6.07) is 7.06. The number of ether oxygens (including phenoxy) is 1. The summed E-state index contributed by atoms with van der Waals surface area (Å²) in [6.07, 6.45) is 1.17. The predicted octanol–water partition coefficient (Wildman–Crippen LogP) is 0.396. The molecule has 0 fully saturated rings. The summed E-state index contributed by atoms with van der Waals surface area (Å²) < 4.78 is 27.0. The second-order valence-electron chi connectivity index (χ2n) is 4.60. The van der Waals surface area contributed by atoms with E-state index in [0.29, 0.717) is 30.0 Å². The lowest BCUT2D eigenvalue weighted by Gasteiger charge is -2.07. The third kappa shape index (κ3) is 4.83. The van der Waals surface area contributed by atoms with Gasteiger partial charge in [0, 0.05) is 12.8 Å². The van der Waals surface area contributed by atoms with Crippen LogP contribution in [0.4, 0.5) is 5.95 Å². The lowest BCUT2D eigenvalue weighted by molar-refractivity contribution is 0.159. The third-order valence-corrected chi connectivity index (χ3v) is 3.66. The largest absolute Gasteiger partial charge is 0.379 e. The van der Waals surface area contributed by atoms with Crippen LogP contribution < -0.4 is 10.9 Å². The van der Waals surface area contributed by atoms with E-state index in [4.69, 9.17) is 4.74 Å². The highest BCUT2D eigenvalue weighted by atomic mass is 32.2. The minimum atomic E-state index is -3.00. The Bertz CT molecular complexity index is 770. The van der Waals surface area contributed by atoms with E-state index >= 15 is 0 Å². The Balaban J connectivity index is 1.85. The van der Waals surface area contributed by atoms with Gasteiger partial charge in [0.2, 0.25) is 5.95 Å². The third-order valence-electron chi connectivity index (χ3n) is 2.75. The fraction of sp³-hybridized carbons (Fsp3) is 0.385. The van der Waals surface area contributed by atoms with Gasteiger partial charge in [-0.1, -0.05) is 12.1 Å². The van der Waals surface area contributed by atoms with E-state index in [1.807, 2.05) is 6.07 Å². The molecule has 114 valence electrons. The zero-order chi connectivity index (χ0) is 15.3. The quantitative estimate of drug-likeness (QED) is 0.718. The molecule has 0 saturated carbocycles. The highest BCUT2D eigenvalue weighted by Crippen LogP contribution is 2.07. The molecule has 0 amide bonds. The van der Waals surface area contributed by atoms with Gasteiger partial charge in [-0.15, -0.1) is 0 Å². The number of hydrogen-bond donors (Lipinski definition) is 2. The van der Waals surface area contributed by atoms with Gasteiger partial charge in [-0.2, -0.15) is 0 Å². The van der Waals surface area contributed by atoms with Crippen molar-refractivity contribution in [3.05, 3.63) is 34.6 Å². The molecule has 0 aliphatic carbocycles. The Hall–Kier alpha value is -1.93. The van der Waals surface area contributed by atoms with Gasteiger partial charge in [0.25, 0.3) is 5.56 Å². The highest BCUT2D eigenvalue weighted by molar-refractivity contribution is 7.90. The second-order valence-corrected chi connectivity index (χ2v) is 6.86. The predicted molar refractivity (Wildman–Crippen MR) is 81.4 cm³/mol. The van der Waals surface area contributed by atoms with E-state index in [1.165, 1.54) is 6.26 Å².